The molecule has 252 valence electrons. The van der Waals surface area contributed by atoms with E-state index in [1.54, 1.807) is 0 Å². The fourth-order valence-electron chi connectivity index (χ4n) is 9.47. The molecule has 2 heterocycles. The molecule has 0 bridgehead atoms. The molecule has 0 spiro atoms. The van der Waals surface area contributed by atoms with Crippen LogP contribution < -0.4 is 10.6 Å². The molecule has 1 atom stereocenters. The van der Waals surface area contributed by atoms with Gasteiger partial charge >= 0.3 is 0 Å². The third-order valence-electron chi connectivity index (χ3n) is 12.0. The average molecular weight is 679 g/mol. The largest absolute Gasteiger partial charge is 0.310 e. The lowest BCUT2D eigenvalue weighted by Gasteiger charge is -2.22. The summed E-state index contributed by atoms with van der Waals surface area (Å²) in [6.45, 7) is 4.73. The van der Waals surface area contributed by atoms with Gasteiger partial charge in [-0.05, 0) is 93.9 Å². The molecule has 0 saturated carbocycles. The normalized spacial score (nSPS) is 15.5. The van der Waals surface area contributed by atoms with Gasteiger partial charge in [-0.15, -0.1) is 0 Å². The maximum Gasteiger partial charge on any atom is 0.0541 e. The van der Waals surface area contributed by atoms with Gasteiger partial charge in [0.25, 0.3) is 0 Å². The molecule has 1 unspecified atom stereocenters. The van der Waals surface area contributed by atoms with E-state index in [1.807, 2.05) is 0 Å². The van der Waals surface area contributed by atoms with Crippen LogP contribution in [-0.2, 0) is 5.41 Å². The zero-order chi connectivity index (χ0) is 35.3. The van der Waals surface area contributed by atoms with Gasteiger partial charge in [0.05, 0.1) is 16.6 Å². The maximum atomic E-state index is 2.52. The van der Waals surface area contributed by atoms with Crippen molar-refractivity contribution in [3.8, 4) is 33.6 Å². The Hall–Kier alpha value is -6.38. The number of benzene rings is 7. The molecule has 0 N–H and O–H groups in total. The van der Waals surface area contributed by atoms with Crippen molar-refractivity contribution in [1.29, 1.82) is 0 Å². The summed E-state index contributed by atoms with van der Waals surface area (Å²) in [7, 11) is 0. The summed E-state index contributed by atoms with van der Waals surface area (Å²) in [5.41, 5.74) is 15.4. The van der Waals surface area contributed by atoms with Crippen LogP contribution in [0.1, 0.15) is 42.9 Å². The molecule has 9 aromatic rings. The third kappa shape index (κ3) is 4.45. The Morgan fingerprint density at radius 1 is 0.491 bits per heavy atom. The van der Waals surface area contributed by atoms with Crippen LogP contribution in [0.2, 0.25) is 0 Å². The first-order chi connectivity index (χ1) is 26.0. The minimum Gasteiger partial charge on any atom is -0.310 e. The Morgan fingerprint density at radius 2 is 1.17 bits per heavy atom. The lowest BCUT2D eigenvalue weighted by atomic mass is 9.82. The molecule has 0 saturated heterocycles. The lowest BCUT2D eigenvalue weighted by Crippen LogP contribution is -2.31. The van der Waals surface area contributed by atoms with Gasteiger partial charge in [-0.2, -0.15) is 0 Å². The van der Waals surface area contributed by atoms with Crippen molar-refractivity contribution < 1.29 is 0 Å². The third-order valence-corrected chi connectivity index (χ3v) is 12.0. The second kappa shape index (κ2) is 11.3. The summed E-state index contributed by atoms with van der Waals surface area (Å²) in [5, 5.41) is 6.51. The predicted molar refractivity (Wildman–Crippen MR) is 223 cm³/mol. The van der Waals surface area contributed by atoms with E-state index >= 15 is 0 Å². The van der Waals surface area contributed by atoms with Crippen LogP contribution in [0.5, 0.6) is 0 Å². The molecule has 0 amide bonds. The summed E-state index contributed by atoms with van der Waals surface area (Å²) >= 11 is 0. The van der Waals surface area contributed by atoms with Crippen molar-refractivity contribution in [3.63, 3.8) is 0 Å². The van der Waals surface area contributed by atoms with E-state index in [2.05, 4.69) is 199 Å². The zero-order valence-corrected chi connectivity index (χ0v) is 29.9. The molecule has 0 radical (unpaired) electrons. The number of para-hydroxylation sites is 2. The fourth-order valence-corrected chi connectivity index (χ4v) is 9.47. The number of fused-ring (bicyclic) bond motifs is 9. The van der Waals surface area contributed by atoms with E-state index < -0.39 is 0 Å². The van der Waals surface area contributed by atoms with Crippen LogP contribution in [0.4, 0.5) is 0 Å². The van der Waals surface area contributed by atoms with E-state index in [0.29, 0.717) is 0 Å². The Balaban J connectivity index is 1.04. The minimum absolute atomic E-state index is 0.0478. The molecule has 2 nitrogen and oxygen atoms in total. The second-order valence-electron chi connectivity index (χ2n) is 15.3. The van der Waals surface area contributed by atoms with Gasteiger partial charge in [-0.25, -0.2) is 0 Å². The van der Waals surface area contributed by atoms with Crippen LogP contribution in [-0.4, -0.2) is 9.13 Å². The maximum absolute atomic E-state index is 2.52. The van der Waals surface area contributed by atoms with E-state index in [0.717, 1.165) is 6.42 Å². The number of hydrogen-bond donors (Lipinski definition) is 0. The van der Waals surface area contributed by atoms with Gasteiger partial charge in [0.15, 0.2) is 0 Å². The van der Waals surface area contributed by atoms with Gasteiger partial charge in [0.2, 0.25) is 0 Å². The van der Waals surface area contributed by atoms with Crippen LogP contribution >= 0.6 is 0 Å². The van der Waals surface area contributed by atoms with E-state index in [1.165, 1.54) is 93.6 Å². The van der Waals surface area contributed by atoms with E-state index in [-0.39, 0.29) is 11.3 Å². The average Bonchev–Trinajstić information content (AvgIpc) is 3.81. The fraction of sp³-hybridized carbons (Fsp3) is 0.0980. The van der Waals surface area contributed by atoms with Crippen LogP contribution in [0.3, 0.4) is 0 Å². The first kappa shape index (κ1) is 30.3. The zero-order valence-electron chi connectivity index (χ0n) is 29.9. The van der Waals surface area contributed by atoms with Crippen molar-refractivity contribution in [2.24, 2.45) is 0 Å². The van der Waals surface area contributed by atoms with Crippen molar-refractivity contribution in [1.82, 2.24) is 9.13 Å². The predicted octanol–water partition coefficient (Wildman–Crippen LogP) is 11.4. The molecule has 2 aliphatic rings. The van der Waals surface area contributed by atoms with Gasteiger partial charge < -0.3 is 9.13 Å². The SMILES string of the molecule is CC1(C)c2ccccc2-c2ccc(-n3c4ccccc4c4cc(C5C=c6c(n(-c7cccc(-c8ccccc8)c7)c7ccccc67)=CC5)ccc43)cc21. The highest BCUT2D eigenvalue weighted by molar-refractivity contribution is 6.09. The topological polar surface area (TPSA) is 9.86 Å². The first-order valence-corrected chi connectivity index (χ1v) is 18.8. The minimum atomic E-state index is -0.0478. The van der Waals surface area contributed by atoms with Gasteiger partial charge in [-0.3, -0.25) is 0 Å². The smallest absolute Gasteiger partial charge is 0.0541 e. The Morgan fingerprint density at radius 3 is 2.04 bits per heavy atom. The number of hydrogen-bond acceptors (Lipinski definition) is 0. The quantitative estimate of drug-likeness (QED) is 0.175. The van der Waals surface area contributed by atoms with Crippen molar-refractivity contribution in [2.75, 3.05) is 0 Å². The van der Waals surface area contributed by atoms with Gasteiger partial charge in [0.1, 0.15) is 0 Å². The molecule has 2 aliphatic carbocycles. The molecule has 0 aliphatic heterocycles. The Labute approximate surface area is 309 Å². The Bertz CT molecular complexity index is 3060. The van der Waals surface area contributed by atoms with Crippen molar-refractivity contribution in [2.45, 2.75) is 31.6 Å². The summed E-state index contributed by atoms with van der Waals surface area (Å²) in [6, 6.07) is 60.6. The molecule has 11 rings (SSSR count). The highest BCUT2D eigenvalue weighted by Gasteiger charge is 2.35. The van der Waals surface area contributed by atoms with Crippen molar-refractivity contribution in [3.05, 3.63) is 191 Å². The highest BCUT2D eigenvalue weighted by Crippen LogP contribution is 2.49. The summed E-state index contributed by atoms with van der Waals surface area (Å²) < 4.78 is 4.93. The molecule has 0 fully saturated rings. The highest BCUT2D eigenvalue weighted by atomic mass is 15.0. The molecule has 2 aromatic heterocycles. The monoisotopic (exact) mass is 678 g/mol. The van der Waals surface area contributed by atoms with Crippen LogP contribution in [0.25, 0.3) is 78.5 Å². The molecule has 53 heavy (non-hydrogen) atoms. The number of aromatic nitrogens is 2. The van der Waals surface area contributed by atoms with Crippen LogP contribution in [0, 0.1) is 0 Å². The molecule has 7 aromatic carbocycles. The number of rotatable bonds is 4. The molecular weight excluding hydrogens is 641 g/mol. The van der Waals surface area contributed by atoms with Gasteiger partial charge in [0, 0.05) is 49.4 Å². The molecular formula is C51H38N2. The summed E-state index contributed by atoms with van der Waals surface area (Å²) in [6.07, 6.45) is 5.94. The second-order valence-corrected chi connectivity index (χ2v) is 15.3. The summed E-state index contributed by atoms with van der Waals surface area (Å²) in [4.78, 5) is 0. The van der Waals surface area contributed by atoms with E-state index in [9.17, 15) is 0 Å². The Kier molecular flexibility index (Phi) is 6.46. The first-order valence-electron chi connectivity index (χ1n) is 18.8. The van der Waals surface area contributed by atoms with Crippen molar-refractivity contribution >= 4 is 44.9 Å². The van der Waals surface area contributed by atoms with E-state index in [4.69, 9.17) is 0 Å². The van der Waals surface area contributed by atoms with Crippen LogP contribution in [0.15, 0.2) is 164 Å². The van der Waals surface area contributed by atoms with Gasteiger partial charge in [-0.1, -0.05) is 141 Å². The number of nitrogens with zero attached hydrogens (tertiary/aromatic N) is 2. The molecule has 2 heteroatoms. The lowest BCUT2D eigenvalue weighted by molar-refractivity contribution is 0.660. The standard InChI is InChI=1S/C51H38N2/c1-51(2)45-20-9-6-17-39(45)40-26-25-38(32-46(40)51)53-48-22-11-8-19-42(48)44-31-36(24-28-50(44)53)35-23-27-49-43(30-35)41-18-7-10-21-47(41)52(49)37-16-12-15-34(29-37)33-13-4-3-5-14-33/h3-22,24-32,35H,23H2,1-2H3. The summed E-state index contributed by atoms with van der Waals surface area (Å²) in [5.74, 6) is 0.281.